The lowest BCUT2D eigenvalue weighted by atomic mass is 9.94. The van der Waals surface area contributed by atoms with E-state index in [1.54, 1.807) is 11.3 Å². The number of fused-ring (bicyclic) bond motifs is 9. The fourth-order valence-electron chi connectivity index (χ4n) is 7.68. The second-order valence-corrected chi connectivity index (χ2v) is 15.1. The molecule has 3 nitrogen and oxygen atoms in total. The maximum absolute atomic E-state index is 5.59. The Morgan fingerprint density at radius 1 is 0.373 bits per heavy atom. The molecule has 4 aromatic heterocycles. The third-order valence-electron chi connectivity index (χ3n) is 10.0. The van der Waals surface area contributed by atoms with Crippen molar-refractivity contribution < 1.29 is 0 Å². The number of para-hydroxylation sites is 1. The van der Waals surface area contributed by atoms with Crippen molar-refractivity contribution >= 4 is 85.0 Å². The lowest BCUT2D eigenvalue weighted by Crippen LogP contribution is -2.02. The molecule has 0 radical (unpaired) electrons. The van der Waals surface area contributed by atoms with Crippen LogP contribution in [0.5, 0.6) is 0 Å². The lowest BCUT2D eigenvalue weighted by molar-refractivity contribution is 1.02. The number of thiophene rings is 2. The summed E-state index contributed by atoms with van der Waals surface area (Å²) in [6.07, 6.45) is 0. The van der Waals surface area contributed by atoms with E-state index in [2.05, 4.69) is 168 Å². The first kappa shape index (κ1) is 28.7. The van der Waals surface area contributed by atoms with Crippen molar-refractivity contribution in [3.8, 4) is 39.5 Å². The van der Waals surface area contributed by atoms with Gasteiger partial charge in [-0.25, -0.2) is 9.97 Å². The second-order valence-electron chi connectivity index (χ2n) is 13.0. The molecule has 51 heavy (non-hydrogen) atoms. The molecule has 5 heteroatoms. The molecule has 0 aliphatic rings. The molecular weight excluding hydrogens is 659 g/mol. The van der Waals surface area contributed by atoms with E-state index in [4.69, 9.17) is 9.97 Å². The van der Waals surface area contributed by atoms with Crippen LogP contribution in [0.15, 0.2) is 164 Å². The van der Waals surface area contributed by atoms with E-state index in [0.29, 0.717) is 5.95 Å². The summed E-state index contributed by atoms with van der Waals surface area (Å²) in [5, 5.41) is 7.27. The van der Waals surface area contributed by atoms with Gasteiger partial charge in [-0.3, -0.25) is 4.57 Å². The standard InChI is InChI=1S/C46H27N3S2/c1-3-13-28(14-4-1)30-23-31(29-15-5-2-6-16-29)25-32(24-30)44-43-35-19-9-12-22-41(35)51-45(43)48-46(47-44)49-38-20-10-7-17-33(38)36-26-37-34-18-8-11-21-40(34)50-42(37)27-39(36)49/h1-27H. The predicted molar refractivity (Wildman–Crippen MR) is 218 cm³/mol. The summed E-state index contributed by atoms with van der Waals surface area (Å²) in [6, 6.07) is 58.9. The van der Waals surface area contributed by atoms with Crippen LogP contribution < -0.4 is 0 Å². The van der Waals surface area contributed by atoms with Gasteiger partial charge in [0.2, 0.25) is 5.95 Å². The van der Waals surface area contributed by atoms with E-state index in [9.17, 15) is 0 Å². The van der Waals surface area contributed by atoms with Crippen LogP contribution in [-0.4, -0.2) is 14.5 Å². The second kappa shape index (κ2) is 11.2. The molecule has 7 aromatic carbocycles. The summed E-state index contributed by atoms with van der Waals surface area (Å²) in [6.45, 7) is 0. The molecule has 0 saturated heterocycles. The molecular formula is C46H27N3S2. The molecule has 0 spiro atoms. The number of rotatable bonds is 4. The summed E-state index contributed by atoms with van der Waals surface area (Å²) in [4.78, 5) is 12.0. The minimum Gasteiger partial charge on any atom is -0.278 e. The van der Waals surface area contributed by atoms with Crippen LogP contribution in [0.25, 0.3) is 102 Å². The van der Waals surface area contributed by atoms with E-state index in [-0.39, 0.29) is 0 Å². The quantitative estimate of drug-likeness (QED) is 0.185. The highest BCUT2D eigenvalue weighted by atomic mass is 32.1. The van der Waals surface area contributed by atoms with Gasteiger partial charge in [0.15, 0.2) is 0 Å². The average Bonchev–Trinajstić information content (AvgIpc) is 3.86. The van der Waals surface area contributed by atoms with Crippen LogP contribution in [0.4, 0.5) is 0 Å². The van der Waals surface area contributed by atoms with Crippen molar-refractivity contribution in [2.24, 2.45) is 0 Å². The highest BCUT2D eigenvalue weighted by Gasteiger charge is 2.22. The molecule has 238 valence electrons. The van der Waals surface area contributed by atoms with Gasteiger partial charge in [-0.05, 0) is 70.8 Å². The van der Waals surface area contributed by atoms with Crippen molar-refractivity contribution in [2.75, 3.05) is 0 Å². The zero-order valence-corrected chi connectivity index (χ0v) is 28.9. The third-order valence-corrected chi connectivity index (χ3v) is 12.2. The van der Waals surface area contributed by atoms with E-state index in [1.165, 1.54) is 52.2 Å². The number of benzene rings is 7. The summed E-state index contributed by atoms with van der Waals surface area (Å²) < 4.78 is 6.05. The summed E-state index contributed by atoms with van der Waals surface area (Å²) in [5.74, 6) is 0.682. The van der Waals surface area contributed by atoms with Crippen LogP contribution >= 0.6 is 22.7 Å². The van der Waals surface area contributed by atoms with Gasteiger partial charge in [-0.2, -0.15) is 0 Å². The molecule has 0 amide bonds. The molecule has 0 aliphatic carbocycles. The van der Waals surface area contributed by atoms with E-state index in [0.717, 1.165) is 43.6 Å². The largest absolute Gasteiger partial charge is 0.278 e. The maximum Gasteiger partial charge on any atom is 0.236 e. The van der Waals surface area contributed by atoms with E-state index >= 15 is 0 Å². The van der Waals surface area contributed by atoms with Crippen molar-refractivity contribution in [1.29, 1.82) is 0 Å². The Balaban J connectivity index is 1.25. The molecule has 0 aliphatic heterocycles. The van der Waals surface area contributed by atoms with Crippen molar-refractivity contribution in [3.05, 3.63) is 164 Å². The highest BCUT2D eigenvalue weighted by molar-refractivity contribution is 7.26. The fraction of sp³-hybridized carbons (Fsp3) is 0. The minimum absolute atomic E-state index is 0.682. The molecule has 0 fully saturated rings. The molecule has 0 saturated carbocycles. The SMILES string of the molecule is c1ccc(-c2cc(-c3ccccc3)cc(-c3nc(-n4c5ccccc5c5cc6c(cc54)sc4ccccc46)nc4sc5ccccc5c34)c2)cc1. The first-order valence-electron chi connectivity index (χ1n) is 17.1. The Morgan fingerprint density at radius 2 is 0.961 bits per heavy atom. The number of aromatic nitrogens is 3. The Kier molecular flexibility index (Phi) is 6.29. The Hall–Kier alpha value is -6.14. The summed E-state index contributed by atoms with van der Waals surface area (Å²) >= 11 is 3.58. The molecule has 11 rings (SSSR count). The number of nitrogens with zero attached hydrogens (tertiary/aromatic N) is 3. The zero-order valence-electron chi connectivity index (χ0n) is 27.2. The smallest absolute Gasteiger partial charge is 0.236 e. The molecule has 0 N–H and O–H groups in total. The Labute approximate surface area is 301 Å². The molecule has 4 heterocycles. The van der Waals surface area contributed by atoms with E-state index < -0.39 is 0 Å². The van der Waals surface area contributed by atoms with Crippen LogP contribution in [-0.2, 0) is 0 Å². The third kappa shape index (κ3) is 4.49. The van der Waals surface area contributed by atoms with Gasteiger partial charge >= 0.3 is 0 Å². The molecule has 0 unspecified atom stereocenters. The highest BCUT2D eigenvalue weighted by Crippen LogP contribution is 2.44. The predicted octanol–water partition coefficient (Wildman–Crippen LogP) is 13.3. The maximum atomic E-state index is 5.59. The fourth-order valence-corrected chi connectivity index (χ4v) is 9.87. The summed E-state index contributed by atoms with van der Waals surface area (Å²) in [7, 11) is 0. The van der Waals surface area contributed by atoms with Gasteiger partial charge < -0.3 is 0 Å². The van der Waals surface area contributed by atoms with Gasteiger partial charge in [0.1, 0.15) is 4.83 Å². The van der Waals surface area contributed by atoms with Gasteiger partial charge in [0.25, 0.3) is 0 Å². The van der Waals surface area contributed by atoms with Crippen LogP contribution in [0.1, 0.15) is 0 Å². The first-order valence-corrected chi connectivity index (χ1v) is 18.7. The molecule has 11 aromatic rings. The Morgan fingerprint density at radius 3 is 1.69 bits per heavy atom. The lowest BCUT2D eigenvalue weighted by Gasteiger charge is -2.14. The molecule has 0 bridgehead atoms. The number of hydrogen-bond acceptors (Lipinski definition) is 4. The normalized spacial score (nSPS) is 11.9. The van der Waals surface area contributed by atoms with Gasteiger partial charge in [0.05, 0.1) is 16.7 Å². The van der Waals surface area contributed by atoms with Crippen molar-refractivity contribution in [1.82, 2.24) is 14.5 Å². The van der Waals surface area contributed by atoms with Crippen LogP contribution in [0.3, 0.4) is 0 Å². The van der Waals surface area contributed by atoms with Gasteiger partial charge in [-0.15, -0.1) is 22.7 Å². The zero-order chi connectivity index (χ0) is 33.5. The van der Waals surface area contributed by atoms with Gasteiger partial charge in [-0.1, -0.05) is 115 Å². The average molecular weight is 686 g/mol. The van der Waals surface area contributed by atoms with Gasteiger partial charge in [0, 0.05) is 52.0 Å². The van der Waals surface area contributed by atoms with Crippen molar-refractivity contribution in [2.45, 2.75) is 0 Å². The first-order chi connectivity index (χ1) is 25.3. The van der Waals surface area contributed by atoms with E-state index in [1.807, 2.05) is 11.3 Å². The Bertz CT molecular complexity index is 3080. The van der Waals surface area contributed by atoms with Crippen molar-refractivity contribution in [3.63, 3.8) is 0 Å². The monoisotopic (exact) mass is 685 g/mol. The van der Waals surface area contributed by atoms with Crippen LogP contribution in [0.2, 0.25) is 0 Å². The number of hydrogen-bond donors (Lipinski definition) is 0. The summed E-state index contributed by atoms with van der Waals surface area (Å²) in [5.41, 5.74) is 8.89. The van der Waals surface area contributed by atoms with Crippen LogP contribution in [0, 0.1) is 0 Å². The topological polar surface area (TPSA) is 30.7 Å². The molecule has 0 atom stereocenters. The minimum atomic E-state index is 0.682.